The van der Waals surface area contributed by atoms with Crippen LogP contribution in [0.4, 0.5) is 24.8 Å². The minimum Gasteiger partial charge on any atom is -0.386 e. The number of rotatable bonds is 4. The summed E-state index contributed by atoms with van der Waals surface area (Å²) in [5.41, 5.74) is 0.842. The van der Waals surface area contributed by atoms with Crippen molar-refractivity contribution in [1.29, 1.82) is 0 Å². The molecule has 1 aromatic heterocycles. The number of fused-ring (bicyclic) bond motifs is 1. The molecule has 32 heavy (non-hydrogen) atoms. The van der Waals surface area contributed by atoms with Gasteiger partial charge in [0, 0.05) is 6.99 Å². The Balaban J connectivity index is 0.00000306. The number of carbonyl (C=O) groups excluding carboxylic acids is 1. The number of hydrogen-bond donors (Lipinski definition) is 2. The van der Waals surface area contributed by atoms with Gasteiger partial charge in [-0.2, -0.15) is 13.2 Å². The van der Waals surface area contributed by atoms with Crippen LogP contribution in [0.25, 0.3) is 11.3 Å². The van der Waals surface area contributed by atoms with E-state index in [1.54, 1.807) is 32.2 Å². The predicted octanol–water partition coefficient (Wildman–Crippen LogP) is 4.59. The van der Waals surface area contributed by atoms with Crippen LogP contribution in [0.15, 0.2) is 54.7 Å². The zero-order chi connectivity index (χ0) is 23.1. The maximum atomic E-state index is 12.8. The molecular weight excluding hydrogens is 421 g/mol. The highest BCUT2D eigenvalue weighted by molar-refractivity contribution is 6.00. The third-order valence-corrected chi connectivity index (χ3v) is 5.23. The highest BCUT2D eigenvalue weighted by Gasteiger charge is 2.31. The van der Waals surface area contributed by atoms with Crippen LogP contribution < -0.4 is 10.2 Å². The van der Waals surface area contributed by atoms with Crippen LogP contribution >= 0.6 is 0 Å². The summed E-state index contributed by atoms with van der Waals surface area (Å²) in [6, 6.07) is 11.9. The number of amides is 1. The van der Waals surface area contributed by atoms with E-state index < -0.39 is 17.3 Å². The second-order valence-corrected chi connectivity index (χ2v) is 8.09. The number of benzene rings is 2. The van der Waals surface area contributed by atoms with Gasteiger partial charge in [0.2, 0.25) is 5.91 Å². The van der Waals surface area contributed by atoms with Gasteiger partial charge in [0.15, 0.2) is 11.6 Å². The molecule has 0 radical (unpaired) electrons. The smallest absolute Gasteiger partial charge is 0.386 e. The van der Waals surface area contributed by atoms with E-state index in [0.29, 0.717) is 22.9 Å². The number of nitrogens with zero attached hydrogens (tertiary/aromatic N) is 3. The molecule has 0 spiro atoms. The Bertz CT molecular complexity index is 1140. The lowest BCUT2D eigenvalue weighted by atomic mass is 9.97. The van der Waals surface area contributed by atoms with Crippen molar-refractivity contribution in [3.8, 4) is 11.3 Å². The fourth-order valence-corrected chi connectivity index (χ4v) is 3.40. The molecule has 6 nitrogen and oxygen atoms in total. The number of aromatic nitrogens is 2. The number of carbonyl (C=O) groups is 1. The molecule has 0 saturated heterocycles. The maximum absolute atomic E-state index is 12.8. The van der Waals surface area contributed by atoms with Crippen LogP contribution in [0.1, 0.15) is 32.0 Å². The average molecular weight is 444 g/mol. The summed E-state index contributed by atoms with van der Waals surface area (Å²) in [4.78, 5) is 23.0. The first-order chi connectivity index (χ1) is 15.0. The normalized spacial score (nSPS) is 14.2. The molecule has 168 valence electrons. The molecule has 2 heterocycles. The Kier molecular flexibility index (Phi) is 5.37. The van der Waals surface area contributed by atoms with E-state index in [2.05, 4.69) is 15.3 Å². The van der Waals surface area contributed by atoms with Crippen molar-refractivity contribution in [3.05, 3.63) is 71.4 Å². The Morgan fingerprint density at radius 3 is 2.28 bits per heavy atom. The third-order valence-electron chi connectivity index (χ3n) is 5.23. The highest BCUT2D eigenvalue weighted by Crippen LogP contribution is 2.32. The fraction of sp³-hybridized carbons (Fsp3) is 0.261. The highest BCUT2D eigenvalue weighted by atomic mass is 19.4. The van der Waals surface area contributed by atoms with Crippen LogP contribution in [-0.2, 0) is 23.1 Å². The summed E-state index contributed by atoms with van der Waals surface area (Å²) in [5.74, 6) is 0.472. The van der Waals surface area contributed by atoms with Crippen LogP contribution in [0.3, 0.4) is 0 Å². The first kappa shape index (κ1) is 21.8. The summed E-state index contributed by atoms with van der Waals surface area (Å²) in [6.07, 6.45) is -2.84. The standard InChI is InChI=1S/C23H21F3N4O2.H2/c1-22(2,32)16-9-5-15(6-10-16)18-11-27-20-21(29-18)30(19(31)12-28-20)13-14-3-7-17(8-4-14)23(24,25)26;/h3-11,32H,12-13H2,1-2H3,(H,27,28);1H. The van der Waals surface area contributed by atoms with E-state index in [1.165, 1.54) is 17.0 Å². The van der Waals surface area contributed by atoms with E-state index in [-0.39, 0.29) is 20.4 Å². The van der Waals surface area contributed by atoms with Crippen LogP contribution in [0.5, 0.6) is 0 Å². The van der Waals surface area contributed by atoms with Crippen molar-refractivity contribution in [1.82, 2.24) is 9.97 Å². The number of halogens is 3. The summed E-state index contributed by atoms with van der Waals surface area (Å²) in [5, 5.41) is 13.0. The van der Waals surface area contributed by atoms with Gasteiger partial charge in [-0.3, -0.25) is 9.69 Å². The van der Waals surface area contributed by atoms with Crippen LogP contribution in [0.2, 0.25) is 0 Å². The summed E-state index contributed by atoms with van der Waals surface area (Å²) >= 11 is 0. The molecule has 4 rings (SSSR count). The molecule has 9 heteroatoms. The topological polar surface area (TPSA) is 78.4 Å². The maximum Gasteiger partial charge on any atom is 0.416 e. The Hall–Kier alpha value is -3.46. The van der Waals surface area contributed by atoms with Gasteiger partial charge in [0.1, 0.15) is 0 Å². The predicted molar refractivity (Wildman–Crippen MR) is 116 cm³/mol. The molecule has 0 unspecified atom stereocenters. The third kappa shape index (κ3) is 4.43. The first-order valence-electron chi connectivity index (χ1n) is 9.93. The number of hydrogen-bond acceptors (Lipinski definition) is 5. The summed E-state index contributed by atoms with van der Waals surface area (Å²) in [6.45, 7) is 3.47. The van der Waals surface area contributed by atoms with E-state index in [4.69, 9.17) is 0 Å². The van der Waals surface area contributed by atoms with Crippen molar-refractivity contribution in [2.75, 3.05) is 16.8 Å². The SMILES string of the molecule is CC(C)(O)c1ccc(-c2cnc3c(n2)N(Cc2ccc(C(F)(F)F)cc2)C(=O)CN3)cc1.[HH]. The molecule has 0 fully saturated rings. The van der Waals surface area contributed by atoms with Crippen molar-refractivity contribution in [3.63, 3.8) is 0 Å². The van der Waals surface area contributed by atoms with E-state index in [0.717, 1.165) is 23.3 Å². The van der Waals surface area contributed by atoms with Gasteiger partial charge in [-0.1, -0.05) is 36.4 Å². The number of anilines is 2. The monoisotopic (exact) mass is 444 g/mol. The zero-order valence-corrected chi connectivity index (χ0v) is 17.4. The molecule has 0 saturated carbocycles. The van der Waals surface area contributed by atoms with Crippen LogP contribution in [0, 0.1) is 0 Å². The van der Waals surface area contributed by atoms with E-state index in [1.807, 2.05) is 12.1 Å². The lowest BCUT2D eigenvalue weighted by Gasteiger charge is -2.28. The number of alkyl halides is 3. The second-order valence-electron chi connectivity index (χ2n) is 8.09. The lowest BCUT2D eigenvalue weighted by Crippen LogP contribution is -2.40. The van der Waals surface area contributed by atoms with Gasteiger partial charge in [-0.25, -0.2) is 9.97 Å². The quantitative estimate of drug-likeness (QED) is 0.615. The van der Waals surface area contributed by atoms with Gasteiger partial charge < -0.3 is 10.4 Å². The first-order valence-corrected chi connectivity index (χ1v) is 9.93. The molecule has 3 aromatic rings. The molecule has 1 aliphatic rings. The second kappa shape index (κ2) is 7.90. The minimum atomic E-state index is -4.42. The van der Waals surface area contributed by atoms with Crippen molar-refractivity contribution < 1.29 is 24.5 Å². The van der Waals surface area contributed by atoms with Gasteiger partial charge in [-0.15, -0.1) is 0 Å². The van der Waals surface area contributed by atoms with Gasteiger partial charge in [-0.05, 0) is 37.1 Å². The summed E-state index contributed by atoms with van der Waals surface area (Å²) < 4.78 is 38.5. The molecular formula is C23H23F3N4O2. The fourth-order valence-electron chi connectivity index (χ4n) is 3.40. The lowest BCUT2D eigenvalue weighted by molar-refractivity contribution is -0.137. The summed E-state index contributed by atoms with van der Waals surface area (Å²) in [7, 11) is 0. The Morgan fingerprint density at radius 1 is 1.06 bits per heavy atom. The molecule has 0 bridgehead atoms. The van der Waals surface area contributed by atoms with Gasteiger partial charge in [0.05, 0.1) is 36.1 Å². The van der Waals surface area contributed by atoms with Gasteiger partial charge in [0.25, 0.3) is 0 Å². The molecule has 0 atom stereocenters. The average Bonchev–Trinajstić information content (AvgIpc) is 2.75. The molecule has 1 amide bonds. The Morgan fingerprint density at radius 2 is 1.69 bits per heavy atom. The molecule has 0 aliphatic carbocycles. The zero-order valence-electron chi connectivity index (χ0n) is 17.4. The van der Waals surface area contributed by atoms with E-state index >= 15 is 0 Å². The van der Waals surface area contributed by atoms with Crippen molar-refractivity contribution in [2.24, 2.45) is 0 Å². The molecule has 2 N–H and O–H groups in total. The number of aliphatic hydroxyl groups is 1. The largest absolute Gasteiger partial charge is 0.416 e. The van der Waals surface area contributed by atoms with Crippen molar-refractivity contribution >= 4 is 17.5 Å². The Labute approximate surface area is 184 Å². The molecule has 2 aromatic carbocycles. The minimum absolute atomic E-state index is 0. The number of nitrogens with one attached hydrogen (secondary N) is 1. The molecule has 1 aliphatic heterocycles. The van der Waals surface area contributed by atoms with E-state index in [9.17, 15) is 23.1 Å². The van der Waals surface area contributed by atoms with Crippen molar-refractivity contribution in [2.45, 2.75) is 32.2 Å². The van der Waals surface area contributed by atoms with Crippen LogP contribution in [-0.4, -0.2) is 27.5 Å². The van der Waals surface area contributed by atoms with Gasteiger partial charge >= 0.3 is 6.18 Å².